The predicted octanol–water partition coefficient (Wildman–Crippen LogP) is 2.50. The molecular weight excluding hydrogens is 444 g/mol. The van der Waals surface area contributed by atoms with Crippen LogP contribution in [0, 0.1) is 11.6 Å². The molecule has 0 atom stereocenters. The average Bonchev–Trinajstić information content (AvgIpc) is 2.78. The van der Waals surface area contributed by atoms with Crippen molar-refractivity contribution >= 4 is 39.9 Å². The standard InChI is InChI=1S/C21H20ClF2N5O3/c22-16-9-13(1-2-17(16)23)27-20-15-10-18(24)14(11-19(15)29(31)12-26-20)21(30)25-3-4-28-5-7-32-8-6-28/h1-2,9-12,31H,3-8H2,(H,25,30)/p+1. The van der Waals surface area contributed by atoms with Crippen LogP contribution in [0.5, 0.6) is 0 Å². The number of hydrogen-bond donors (Lipinski definition) is 3. The molecule has 1 aliphatic heterocycles. The Morgan fingerprint density at radius 3 is 2.75 bits per heavy atom. The summed E-state index contributed by atoms with van der Waals surface area (Å²) in [7, 11) is 0. The zero-order chi connectivity index (χ0) is 22.7. The second-order valence-electron chi connectivity index (χ2n) is 7.25. The molecule has 0 saturated carbocycles. The highest BCUT2D eigenvalue weighted by Crippen LogP contribution is 2.27. The van der Waals surface area contributed by atoms with Crippen molar-refractivity contribution in [2.75, 3.05) is 44.7 Å². The van der Waals surface area contributed by atoms with Crippen LogP contribution in [0.2, 0.25) is 5.02 Å². The Kier molecular flexibility index (Phi) is 6.63. The van der Waals surface area contributed by atoms with Crippen LogP contribution in [-0.4, -0.2) is 60.4 Å². The zero-order valence-electron chi connectivity index (χ0n) is 16.9. The molecule has 0 unspecified atom stereocenters. The molecule has 0 aliphatic carbocycles. The first-order valence-electron chi connectivity index (χ1n) is 9.96. The number of amides is 1. The fourth-order valence-corrected chi connectivity index (χ4v) is 3.60. The maximum absolute atomic E-state index is 14.8. The lowest BCUT2D eigenvalue weighted by Gasteiger charge is -2.26. The Bertz CT molecular complexity index is 1160. The number of hydrogen-bond acceptors (Lipinski definition) is 6. The first-order chi connectivity index (χ1) is 15.4. The summed E-state index contributed by atoms with van der Waals surface area (Å²) in [6.45, 7) is 3.85. The van der Waals surface area contributed by atoms with Gasteiger partial charge in [0.15, 0.2) is 5.52 Å². The van der Waals surface area contributed by atoms with E-state index in [4.69, 9.17) is 16.3 Å². The predicted molar refractivity (Wildman–Crippen MR) is 113 cm³/mol. The van der Waals surface area contributed by atoms with Gasteiger partial charge in [-0.15, -0.1) is 0 Å². The summed E-state index contributed by atoms with van der Waals surface area (Å²) < 4.78 is 34.2. The van der Waals surface area contributed by atoms with Gasteiger partial charge >= 0.3 is 6.33 Å². The van der Waals surface area contributed by atoms with Gasteiger partial charge < -0.3 is 20.6 Å². The van der Waals surface area contributed by atoms with Crippen LogP contribution in [0.25, 0.3) is 10.9 Å². The molecule has 2 aromatic carbocycles. The van der Waals surface area contributed by atoms with Crippen molar-refractivity contribution in [1.82, 2.24) is 15.2 Å². The Labute approximate surface area is 187 Å². The topological polar surface area (TPSA) is 90.6 Å². The summed E-state index contributed by atoms with van der Waals surface area (Å²) in [6.07, 6.45) is 1.10. The lowest BCUT2D eigenvalue weighted by Crippen LogP contribution is -2.41. The molecule has 4 rings (SSSR count). The molecule has 1 fully saturated rings. The molecule has 32 heavy (non-hydrogen) atoms. The highest BCUT2D eigenvalue weighted by atomic mass is 35.5. The number of aromatic nitrogens is 2. The SMILES string of the molecule is O=C(NCCN1CCOCC1)c1cc2c(cc1F)c(Nc1ccc(F)c(Cl)c1)nc[n+]2O. The highest BCUT2D eigenvalue weighted by molar-refractivity contribution is 6.31. The van der Waals surface area contributed by atoms with E-state index in [1.165, 1.54) is 24.3 Å². The number of carbonyl (C=O) groups is 1. The number of nitrogens with zero attached hydrogens (tertiary/aromatic N) is 3. The first-order valence-corrected chi connectivity index (χ1v) is 10.3. The quantitative estimate of drug-likeness (QED) is 0.383. The number of carbonyl (C=O) groups excluding carboxylic acids is 1. The molecule has 8 nitrogen and oxygen atoms in total. The largest absolute Gasteiger partial charge is 0.379 e. The second-order valence-corrected chi connectivity index (χ2v) is 7.66. The molecule has 2 heterocycles. The molecular formula is C21H21ClF2N5O3+. The zero-order valence-corrected chi connectivity index (χ0v) is 17.7. The molecule has 1 amide bonds. The summed E-state index contributed by atoms with van der Waals surface area (Å²) in [6, 6.07) is 6.35. The van der Waals surface area contributed by atoms with Crippen molar-refractivity contribution in [3.05, 3.63) is 58.9 Å². The van der Waals surface area contributed by atoms with Crippen LogP contribution in [0.15, 0.2) is 36.7 Å². The maximum Gasteiger partial charge on any atom is 0.328 e. The number of anilines is 2. The van der Waals surface area contributed by atoms with Gasteiger partial charge in [0.05, 0.1) is 29.2 Å². The molecule has 11 heteroatoms. The van der Waals surface area contributed by atoms with Crippen LogP contribution >= 0.6 is 11.6 Å². The third kappa shape index (κ3) is 4.87. The minimum atomic E-state index is -0.769. The fourth-order valence-electron chi connectivity index (χ4n) is 3.42. The van der Waals surface area contributed by atoms with Gasteiger partial charge in [-0.2, -0.15) is 0 Å². The van der Waals surface area contributed by atoms with Crippen molar-refractivity contribution in [3.63, 3.8) is 0 Å². The van der Waals surface area contributed by atoms with Gasteiger partial charge in [-0.1, -0.05) is 11.6 Å². The smallest absolute Gasteiger partial charge is 0.328 e. The summed E-state index contributed by atoms with van der Waals surface area (Å²) in [5.74, 6) is -1.73. The van der Waals surface area contributed by atoms with Gasteiger partial charge in [-0.25, -0.2) is 8.78 Å². The van der Waals surface area contributed by atoms with Gasteiger partial charge in [0.2, 0.25) is 0 Å². The number of benzene rings is 2. The van der Waals surface area contributed by atoms with E-state index in [-0.39, 0.29) is 27.3 Å². The Balaban J connectivity index is 1.55. The van der Waals surface area contributed by atoms with Gasteiger partial charge in [-0.3, -0.25) is 9.69 Å². The molecule has 3 aromatic rings. The van der Waals surface area contributed by atoms with Crippen LogP contribution in [0.4, 0.5) is 20.3 Å². The van der Waals surface area contributed by atoms with Crippen molar-refractivity contribution in [2.24, 2.45) is 0 Å². The van der Waals surface area contributed by atoms with Crippen LogP contribution in [0.3, 0.4) is 0 Å². The van der Waals surface area contributed by atoms with E-state index >= 15 is 0 Å². The normalized spacial score (nSPS) is 14.5. The minimum absolute atomic E-state index is 0.0883. The molecule has 1 aliphatic rings. The Morgan fingerprint density at radius 1 is 1.22 bits per heavy atom. The third-order valence-corrected chi connectivity index (χ3v) is 5.42. The third-order valence-electron chi connectivity index (χ3n) is 5.13. The molecule has 168 valence electrons. The second kappa shape index (κ2) is 9.60. The lowest BCUT2D eigenvalue weighted by molar-refractivity contribution is -0.886. The average molecular weight is 465 g/mol. The van der Waals surface area contributed by atoms with E-state index in [1.807, 2.05) is 0 Å². The van der Waals surface area contributed by atoms with E-state index < -0.39 is 17.5 Å². The van der Waals surface area contributed by atoms with Gasteiger partial charge in [0.25, 0.3) is 11.7 Å². The number of fused-ring (bicyclic) bond motifs is 1. The highest BCUT2D eigenvalue weighted by Gasteiger charge is 2.21. The van der Waals surface area contributed by atoms with Crippen LogP contribution in [-0.2, 0) is 4.74 Å². The van der Waals surface area contributed by atoms with Gasteiger partial charge in [0.1, 0.15) is 11.6 Å². The van der Waals surface area contributed by atoms with Crippen molar-refractivity contribution in [2.45, 2.75) is 0 Å². The Hall–Kier alpha value is -3.08. The van der Waals surface area contributed by atoms with E-state index in [1.54, 1.807) is 0 Å². The molecule has 1 saturated heterocycles. The van der Waals surface area contributed by atoms with Crippen molar-refractivity contribution in [1.29, 1.82) is 0 Å². The van der Waals surface area contributed by atoms with E-state index in [0.717, 1.165) is 25.5 Å². The van der Waals surface area contributed by atoms with Crippen molar-refractivity contribution < 1.29 is 28.2 Å². The summed E-state index contributed by atoms with van der Waals surface area (Å²) in [5.41, 5.74) is 0.380. The van der Waals surface area contributed by atoms with Gasteiger partial charge in [-0.05, 0) is 34.0 Å². The number of rotatable bonds is 6. The minimum Gasteiger partial charge on any atom is -0.379 e. The fraction of sp³-hybridized carbons (Fsp3) is 0.286. The molecule has 0 spiro atoms. The number of morpholine rings is 1. The molecule has 0 bridgehead atoms. The Morgan fingerprint density at radius 2 is 2.00 bits per heavy atom. The van der Waals surface area contributed by atoms with E-state index in [9.17, 15) is 18.8 Å². The summed E-state index contributed by atoms with van der Waals surface area (Å²) in [4.78, 5) is 18.7. The monoisotopic (exact) mass is 464 g/mol. The lowest BCUT2D eigenvalue weighted by atomic mass is 10.1. The maximum atomic E-state index is 14.8. The van der Waals surface area contributed by atoms with E-state index in [2.05, 4.69) is 20.5 Å². The number of nitrogens with one attached hydrogen (secondary N) is 2. The number of ether oxygens (including phenoxy) is 1. The van der Waals surface area contributed by atoms with E-state index in [0.29, 0.717) is 36.7 Å². The van der Waals surface area contributed by atoms with Gasteiger partial charge in [0, 0.05) is 37.9 Å². The summed E-state index contributed by atoms with van der Waals surface area (Å²) >= 11 is 5.80. The first kappa shape index (κ1) is 22.1. The van der Waals surface area contributed by atoms with Crippen LogP contribution in [0.1, 0.15) is 10.4 Å². The van der Waals surface area contributed by atoms with Crippen LogP contribution < -0.4 is 15.4 Å². The summed E-state index contributed by atoms with van der Waals surface area (Å²) in [5, 5.41) is 15.9. The van der Waals surface area contributed by atoms with Crippen molar-refractivity contribution in [3.8, 4) is 0 Å². The molecule has 0 radical (unpaired) electrons. The molecule has 3 N–H and O–H groups in total. The number of halogens is 3. The molecule has 1 aromatic heterocycles.